The summed E-state index contributed by atoms with van der Waals surface area (Å²) >= 11 is 0. The maximum atomic E-state index is 15.2. The second-order valence-corrected chi connectivity index (χ2v) is 10.5. The summed E-state index contributed by atoms with van der Waals surface area (Å²) in [6.45, 7) is 8.79. The van der Waals surface area contributed by atoms with Crippen LogP contribution in [0.1, 0.15) is 58.9 Å². The SMILES string of the molecule is C=C(/C(=C\C)C(N)=O)c1ccc(CN2CCCc3cc(C(=O)N[C@@H](C)c4ccc5ccccc5c4)ccc32)c(F)c1. The van der Waals surface area contributed by atoms with Gasteiger partial charge in [0.2, 0.25) is 5.91 Å². The Balaban J connectivity index is 1.29. The summed E-state index contributed by atoms with van der Waals surface area (Å²) < 4.78 is 15.2. The lowest BCUT2D eigenvalue weighted by molar-refractivity contribution is -0.114. The summed E-state index contributed by atoms with van der Waals surface area (Å²) in [5.41, 5.74) is 10.9. The molecule has 1 atom stereocenters. The Morgan fingerprint density at radius 1 is 1.02 bits per heavy atom. The molecular formula is C35H34FN3O2. The van der Waals surface area contributed by atoms with Gasteiger partial charge in [0.15, 0.2) is 0 Å². The van der Waals surface area contributed by atoms with Gasteiger partial charge in [-0.05, 0) is 90.1 Å². The number of hydrogen-bond donors (Lipinski definition) is 2. The first-order chi connectivity index (χ1) is 19.7. The Morgan fingerprint density at radius 3 is 2.51 bits per heavy atom. The molecule has 4 aromatic rings. The fourth-order valence-corrected chi connectivity index (χ4v) is 5.51. The van der Waals surface area contributed by atoms with Crippen LogP contribution in [0.2, 0.25) is 0 Å². The van der Waals surface area contributed by atoms with E-state index in [0.717, 1.165) is 41.6 Å². The average Bonchev–Trinajstić information content (AvgIpc) is 2.97. The van der Waals surface area contributed by atoms with Crippen LogP contribution < -0.4 is 16.0 Å². The van der Waals surface area contributed by atoms with Crippen molar-refractivity contribution in [1.29, 1.82) is 0 Å². The van der Waals surface area contributed by atoms with Crippen molar-refractivity contribution in [3.8, 4) is 0 Å². The maximum Gasteiger partial charge on any atom is 0.251 e. The maximum absolute atomic E-state index is 15.2. The van der Waals surface area contributed by atoms with Crippen molar-refractivity contribution in [2.45, 2.75) is 39.3 Å². The molecule has 0 aliphatic carbocycles. The van der Waals surface area contributed by atoms with Gasteiger partial charge in [0.25, 0.3) is 5.91 Å². The van der Waals surface area contributed by atoms with Crippen molar-refractivity contribution in [2.24, 2.45) is 5.73 Å². The molecule has 3 N–H and O–H groups in total. The molecule has 1 aliphatic heterocycles. The summed E-state index contributed by atoms with van der Waals surface area (Å²) in [7, 11) is 0. The summed E-state index contributed by atoms with van der Waals surface area (Å²) in [6, 6.07) is 24.9. The number of carbonyl (C=O) groups excluding carboxylic acids is 2. The monoisotopic (exact) mass is 547 g/mol. The number of primary amides is 1. The number of nitrogens with one attached hydrogen (secondary N) is 1. The van der Waals surface area contributed by atoms with Gasteiger partial charge in [-0.2, -0.15) is 0 Å². The highest BCUT2D eigenvalue weighted by Gasteiger charge is 2.21. The number of anilines is 1. The Bertz CT molecular complexity index is 1690. The summed E-state index contributed by atoms with van der Waals surface area (Å²) in [5.74, 6) is -1.08. The fraction of sp³-hybridized carbons (Fsp3) is 0.200. The number of carbonyl (C=O) groups is 2. The zero-order valence-corrected chi connectivity index (χ0v) is 23.4. The molecule has 0 fully saturated rings. The topological polar surface area (TPSA) is 75.4 Å². The first-order valence-corrected chi connectivity index (χ1v) is 13.9. The van der Waals surface area contributed by atoms with E-state index in [2.05, 4.69) is 47.1 Å². The molecule has 5 nitrogen and oxygen atoms in total. The van der Waals surface area contributed by atoms with E-state index >= 15 is 4.39 Å². The van der Waals surface area contributed by atoms with E-state index in [1.807, 2.05) is 37.3 Å². The molecule has 6 heteroatoms. The molecule has 208 valence electrons. The largest absolute Gasteiger partial charge is 0.367 e. The molecular weight excluding hydrogens is 513 g/mol. The average molecular weight is 548 g/mol. The molecule has 41 heavy (non-hydrogen) atoms. The molecule has 1 aliphatic rings. The number of nitrogens with two attached hydrogens (primary N) is 1. The Labute approximate surface area is 240 Å². The van der Waals surface area contributed by atoms with Crippen LogP contribution in [0.5, 0.6) is 0 Å². The van der Waals surface area contributed by atoms with Crippen molar-refractivity contribution in [1.82, 2.24) is 5.32 Å². The lowest BCUT2D eigenvalue weighted by Crippen LogP contribution is -2.30. The van der Waals surface area contributed by atoms with Gasteiger partial charge in [0.05, 0.1) is 6.04 Å². The van der Waals surface area contributed by atoms with Gasteiger partial charge in [-0.3, -0.25) is 9.59 Å². The van der Waals surface area contributed by atoms with Gasteiger partial charge in [-0.25, -0.2) is 4.39 Å². The predicted molar refractivity (Wildman–Crippen MR) is 164 cm³/mol. The number of allylic oxidation sites excluding steroid dienone is 1. The van der Waals surface area contributed by atoms with Gasteiger partial charge < -0.3 is 16.0 Å². The summed E-state index contributed by atoms with van der Waals surface area (Å²) in [5, 5.41) is 5.44. The van der Waals surface area contributed by atoms with E-state index < -0.39 is 5.91 Å². The van der Waals surface area contributed by atoms with Crippen LogP contribution >= 0.6 is 0 Å². The predicted octanol–water partition coefficient (Wildman–Crippen LogP) is 6.87. The van der Waals surface area contributed by atoms with E-state index in [1.54, 1.807) is 25.1 Å². The second kappa shape index (κ2) is 11.8. The van der Waals surface area contributed by atoms with E-state index in [1.165, 1.54) is 11.5 Å². The molecule has 0 aromatic heterocycles. The lowest BCUT2D eigenvalue weighted by Gasteiger charge is -2.32. The van der Waals surface area contributed by atoms with Crippen LogP contribution in [0.25, 0.3) is 16.3 Å². The van der Waals surface area contributed by atoms with E-state index in [4.69, 9.17) is 5.73 Å². The van der Waals surface area contributed by atoms with Gasteiger partial charge >= 0.3 is 0 Å². The van der Waals surface area contributed by atoms with Crippen molar-refractivity contribution in [2.75, 3.05) is 11.4 Å². The number of hydrogen-bond acceptors (Lipinski definition) is 3. The highest BCUT2D eigenvalue weighted by atomic mass is 19.1. The summed E-state index contributed by atoms with van der Waals surface area (Å²) in [4.78, 5) is 27.0. The van der Waals surface area contributed by atoms with Crippen LogP contribution in [-0.4, -0.2) is 18.4 Å². The molecule has 1 heterocycles. The van der Waals surface area contributed by atoms with Crippen LogP contribution in [0.4, 0.5) is 10.1 Å². The van der Waals surface area contributed by atoms with Gasteiger partial charge in [0.1, 0.15) is 5.82 Å². The Kier molecular flexibility index (Phi) is 8.02. The molecule has 0 spiro atoms. The van der Waals surface area contributed by atoms with Gasteiger partial charge in [-0.15, -0.1) is 0 Å². The quantitative estimate of drug-likeness (QED) is 0.187. The number of fused-ring (bicyclic) bond motifs is 2. The van der Waals surface area contributed by atoms with Crippen LogP contribution in [-0.2, 0) is 17.8 Å². The first-order valence-electron chi connectivity index (χ1n) is 13.9. The lowest BCUT2D eigenvalue weighted by atomic mass is 9.96. The highest BCUT2D eigenvalue weighted by Crippen LogP contribution is 2.31. The van der Waals surface area contributed by atoms with Crippen molar-refractivity contribution < 1.29 is 14.0 Å². The number of nitrogens with zero attached hydrogens (tertiary/aromatic N) is 1. The molecule has 4 aromatic carbocycles. The number of amides is 2. The first kappa shape index (κ1) is 27.8. The third kappa shape index (κ3) is 5.92. The second-order valence-electron chi connectivity index (χ2n) is 10.5. The minimum atomic E-state index is -0.594. The molecule has 0 radical (unpaired) electrons. The number of halogens is 1. The molecule has 0 saturated heterocycles. The van der Waals surface area contributed by atoms with Crippen molar-refractivity contribution in [3.63, 3.8) is 0 Å². The molecule has 0 unspecified atom stereocenters. The smallest absolute Gasteiger partial charge is 0.251 e. The van der Waals surface area contributed by atoms with Crippen LogP contribution in [0.15, 0.2) is 97.1 Å². The normalized spacial score (nSPS) is 13.9. The van der Waals surface area contributed by atoms with Gasteiger partial charge in [-0.1, -0.05) is 61.2 Å². The number of benzene rings is 4. The van der Waals surface area contributed by atoms with Gasteiger partial charge in [0, 0.05) is 35.5 Å². The summed E-state index contributed by atoms with van der Waals surface area (Å²) in [6.07, 6.45) is 3.35. The van der Waals surface area contributed by atoms with Crippen molar-refractivity contribution in [3.05, 3.63) is 131 Å². The van der Waals surface area contributed by atoms with E-state index in [0.29, 0.717) is 28.8 Å². The minimum absolute atomic E-state index is 0.121. The van der Waals surface area contributed by atoms with Crippen LogP contribution in [0, 0.1) is 5.82 Å². The number of rotatable bonds is 8. The highest BCUT2D eigenvalue weighted by molar-refractivity contribution is 6.07. The van der Waals surface area contributed by atoms with E-state index in [-0.39, 0.29) is 23.3 Å². The minimum Gasteiger partial charge on any atom is -0.367 e. The standard InChI is InChI=1S/C35H34FN3O2/c1-4-31(34(37)40)22(2)25-12-14-30(32(36)20-25)21-39-17-7-10-28-19-29(15-16-33(28)39)35(41)38-23(3)26-13-11-24-8-5-6-9-27(24)18-26/h4-6,8-9,11-16,18-20,23H,2,7,10,17,21H2,1,3H3,(H2,37,40)(H,38,41)/b31-4+/t23-/m0/s1. The molecule has 0 bridgehead atoms. The molecule has 0 saturated carbocycles. The third-order valence-corrected chi connectivity index (χ3v) is 7.82. The van der Waals surface area contributed by atoms with Crippen LogP contribution in [0.3, 0.4) is 0 Å². The Morgan fingerprint density at radius 2 is 1.78 bits per heavy atom. The third-order valence-electron chi connectivity index (χ3n) is 7.82. The zero-order valence-electron chi connectivity index (χ0n) is 23.4. The number of aryl methyl sites for hydroxylation is 1. The van der Waals surface area contributed by atoms with Crippen molar-refractivity contribution >= 4 is 33.8 Å². The van der Waals surface area contributed by atoms with E-state index in [9.17, 15) is 9.59 Å². The molecule has 2 amide bonds. The zero-order chi connectivity index (χ0) is 29.1. The molecule has 5 rings (SSSR count). The fourth-order valence-electron chi connectivity index (χ4n) is 5.51. The Hall–Kier alpha value is -4.71.